The Labute approximate surface area is 114 Å². The van der Waals surface area contributed by atoms with Crippen LogP contribution >= 0.6 is 11.8 Å². The second kappa shape index (κ2) is 6.42. The maximum Gasteiger partial charge on any atom is 0.159 e. The molecule has 1 aliphatic carbocycles. The summed E-state index contributed by atoms with van der Waals surface area (Å²) in [6.45, 7) is 3.93. The van der Waals surface area contributed by atoms with E-state index in [1.807, 2.05) is 23.9 Å². The summed E-state index contributed by atoms with van der Waals surface area (Å²) in [6, 6.07) is 8.11. The molecule has 0 saturated heterocycles. The number of hydrogen-bond acceptors (Lipinski definition) is 2. The largest absolute Gasteiger partial charge is 0.295 e. The summed E-state index contributed by atoms with van der Waals surface area (Å²) >= 11 is 2.01. The van der Waals surface area contributed by atoms with E-state index in [0.717, 1.165) is 16.7 Å². The highest BCUT2D eigenvalue weighted by molar-refractivity contribution is 8.00. The molecule has 18 heavy (non-hydrogen) atoms. The van der Waals surface area contributed by atoms with E-state index >= 15 is 0 Å². The lowest BCUT2D eigenvalue weighted by molar-refractivity contribution is 0.101. The van der Waals surface area contributed by atoms with E-state index in [4.69, 9.17) is 0 Å². The molecule has 1 fully saturated rings. The number of hydrogen-bond donors (Lipinski definition) is 0. The number of rotatable bonds is 4. The lowest BCUT2D eigenvalue weighted by atomic mass is 9.87. The summed E-state index contributed by atoms with van der Waals surface area (Å²) in [5.74, 6) is 1.02. The Hall–Kier alpha value is -0.760. The molecule has 0 radical (unpaired) electrons. The molecule has 0 aliphatic heterocycles. The van der Waals surface area contributed by atoms with Crippen LogP contribution in [-0.2, 0) is 0 Å². The Morgan fingerprint density at radius 1 is 1.22 bits per heavy atom. The van der Waals surface area contributed by atoms with Gasteiger partial charge < -0.3 is 0 Å². The summed E-state index contributed by atoms with van der Waals surface area (Å²) in [6.07, 6.45) is 6.80. The first-order chi connectivity index (χ1) is 8.70. The van der Waals surface area contributed by atoms with Crippen molar-refractivity contribution >= 4 is 17.5 Å². The zero-order valence-electron chi connectivity index (χ0n) is 11.3. The van der Waals surface area contributed by atoms with Gasteiger partial charge in [0.25, 0.3) is 0 Å². The van der Waals surface area contributed by atoms with Crippen LogP contribution in [0.15, 0.2) is 29.2 Å². The van der Waals surface area contributed by atoms with E-state index in [2.05, 4.69) is 19.1 Å². The van der Waals surface area contributed by atoms with Crippen molar-refractivity contribution in [1.82, 2.24) is 0 Å². The number of Topliss-reactive ketones (excluding diaryl/α,β-unsaturated/α-hetero) is 1. The van der Waals surface area contributed by atoms with Gasteiger partial charge in [0.15, 0.2) is 5.78 Å². The predicted octanol–water partition coefficient (Wildman–Crippen LogP) is 4.95. The van der Waals surface area contributed by atoms with Gasteiger partial charge in [0.2, 0.25) is 0 Å². The average Bonchev–Trinajstić information content (AvgIpc) is 2.40. The van der Waals surface area contributed by atoms with E-state index in [1.54, 1.807) is 6.92 Å². The predicted molar refractivity (Wildman–Crippen MR) is 78.3 cm³/mol. The minimum atomic E-state index is 0.149. The zero-order valence-corrected chi connectivity index (χ0v) is 12.1. The maximum atomic E-state index is 11.2. The van der Waals surface area contributed by atoms with Gasteiger partial charge >= 0.3 is 0 Å². The molecule has 0 heterocycles. The molecule has 2 rings (SSSR count). The van der Waals surface area contributed by atoms with Gasteiger partial charge in [-0.25, -0.2) is 0 Å². The molecule has 1 aromatic carbocycles. The molecule has 0 aromatic heterocycles. The molecule has 1 aromatic rings. The standard InChI is InChI=1S/C16H22OS/c1-3-13-6-4-5-7-16(13)18-15-10-8-14(9-11-15)12(2)17/h8-11,13,16H,3-7H2,1-2H3. The van der Waals surface area contributed by atoms with Crippen LogP contribution in [0.5, 0.6) is 0 Å². The van der Waals surface area contributed by atoms with Crippen LogP contribution in [0.1, 0.15) is 56.3 Å². The number of ketones is 1. The Morgan fingerprint density at radius 3 is 2.50 bits per heavy atom. The number of benzene rings is 1. The highest BCUT2D eigenvalue weighted by Gasteiger charge is 2.24. The molecule has 1 nitrogen and oxygen atoms in total. The molecule has 2 unspecified atom stereocenters. The van der Waals surface area contributed by atoms with Gasteiger partial charge in [-0.15, -0.1) is 11.8 Å². The quantitative estimate of drug-likeness (QED) is 0.714. The van der Waals surface area contributed by atoms with Crippen molar-refractivity contribution < 1.29 is 4.79 Å². The van der Waals surface area contributed by atoms with E-state index in [9.17, 15) is 4.79 Å². The van der Waals surface area contributed by atoms with E-state index < -0.39 is 0 Å². The van der Waals surface area contributed by atoms with Crippen molar-refractivity contribution in [3.8, 4) is 0 Å². The summed E-state index contributed by atoms with van der Waals surface area (Å²) in [4.78, 5) is 12.5. The lowest BCUT2D eigenvalue weighted by Gasteiger charge is -2.30. The molecular formula is C16H22OS. The highest BCUT2D eigenvalue weighted by atomic mass is 32.2. The van der Waals surface area contributed by atoms with Crippen LogP contribution in [0.2, 0.25) is 0 Å². The first-order valence-electron chi connectivity index (χ1n) is 6.98. The Kier molecular flexibility index (Phi) is 4.87. The number of carbonyl (C=O) groups is 1. The van der Waals surface area contributed by atoms with Gasteiger partial charge in [0.05, 0.1) is 0 Å². The first kappa shape index (κ1) is 13.7. The van der Waals surface area contributed by atoms with Crippen molar-refractivity contribution in [2.75, 3.05) is 0 Å². The molecule has 1 aliphatic rings. The van der Waals surface area contributed by atoms with Crippen LogP contribution in [-0.4, -0.2) is 11.0 Å². The monoisotopic (exact) mass is 262 g/mol. The first-order valence-corrected chi connectivity index (χ1v) is 7.86. The number of carbonyl (C=O) groups excluding carboxylic acids is 1. The molecule has 2 atom stereocenters. The van der Waals surface area contributed by atoms with Crippen molar-refractivity contribution in [2.24, 2.45) is 5.92 Å². The third kappa shape index (κ3) is 3.38. The van der Waals surface area contributed by atoms with Crippen LogP contribution in [0.25, 0.3) is 0 Å². The normalized spacial score (nSPS) is 23.9. The summed E-state index contributed by atoms with van der Waals surface area (Å²) in [7, 11) is 0. The average molecular weight is 262 g/mol. The summed E-state index contributed by atoms with van der Waals surface area (Å²) in [5, 5.41) is 0.770. The van der Waals surface area contributed by atoms with Gasteiger partial charge in [-0.05, 0) is 37.8 Å². The smallest absolute Gasteiger partial charge is 0.159 e. The van der Waals surface area contributed by atoms with E-state index in [1.165, 1.54) is 37.0 Å². The van der Waals surface area contributed by atoms with Crippen LogP contribution in [0, 0.1) is 5.92 Å². The minimum absolute atomic E-state index is 0.149. The van der Waals surface area contributed by atoms with Crippen molar-refractivity contribution in [2.45, 2.75) is 56.1 Å². The summed E-state index contributed by atoms with van der Waals surface area (Å²) in [5.41, 5.74) is 0.815. The molecule has 98 valence electrons. The molecule has 0 amide bonds. The molecule has 0 bridgehead atoms. The fourth-order valence-corrected chi connectivity index (χ4v) is 4.19. The van der Waals surface area contributed by atoms with Gasteiger partial charge in [-0.1, -0.05) is 38.3 Å². The van der Waals surface area contributed by atoms with Crippen LogP contribution < -0.4 is 0 Å². The Morgan fingerprint density at radius 2 is 1.89 bits per heavy atom. The second-order valence-corrected chi connectivity index (χ2v) is 6.50. The van der Waals surface area contributed by atoms with Crippen molar-refractivity contribution in [3.63, 3.8) is 0 Å². The molecule has 1 saturated carbocycles. The van der Waals surface area contributed by atoms with Gasteiger partial charge in [0.1, 0.15) is 0 Å². The van der Waals surface area contributed by atoms with Crippen molar-refractivity contribution in [1.29, 1.82) is 0 Å². The molecule has 0 spiro atoms. The maximum absolute atomic E-state index is 11.2. The van der Waals surface area contributed by atoms with Gasteiger partial charge in [0, 0.05) is 15.7 Å². The fourth-order valence-electron chi connectivity index (χ4n) is 2.74. The molecule has 0 N–H and O–H groups in total. The van der Waals surface area contributed by atoms with E-state index in [-0.39, 0.29) is 5.78 Å². The topological polar surface area (TPSA) is 17.1 Å². The third-order valence-electron chi connectivity index (χ3n) is 3.91. The Balaban J connectivity index is 2.01. The van der Waals surface area contributed by atoms with E-state index in [0.29, 0.717) is 0 Å². The SMILES string of the molecule is CCC1CCCCC1Sc1ccc(C(C)=O)cc1. The number of thioether (sulfide) groups is 1. The summed E-state index contributed by atoms with van der Waals surface area (Å²) < 4.78 is 0. The van der Waals surface area contributed by atoms with Crippen LogP contribution in [0.3, 0.4) is 0 Å². The van der Waals surface area contributed by atoms with Crippen LogP contribution in [0.4, 0.5) is 0 Å². The molecular weight excluding hydrogens is 240 g/mol. The van der Waals surface area contributed by atoms with Gasteiger partial charge in [-0.3, -0.25) is 4.79 Å². The second-order valence-electron chi connectivity index (χ2n) is 5.19. The fraction of sp³-hybridized carbons (Fsp3) is 0.562. The van der Waals surface area contributed by atoms with Crippen molar-refractivity contribution in [3.05, 3.63) is 29.8 Å². The lowest BCUT2D eigenvalue weighted by Crippen LogP contribution is -2.20. The third-order valence-corrected chi connectivity index (χ3v) is 5.38. The minimum Gasteiger partial charge on any atom is -0.295 e. The zero-order chi connectivity index (χ0) is 13.0. The highest BCUT2D eigenvalue weighted by Crippen LogP contribution is 2.38. The Bertz CT molecular complexity index is 396. The molecule has 2 heteroatoms. The van der Waals surface area contributed by atoms with Gasteiger partial charge in [-0.2, -0.15) is 0 Å².